The number of fused-ring (bicyclic) bond motifs is 3. The zero-order valence-electron chi connectivity index (χ0n) is 17.7. The molecule has 1 amide bonds. The van der Waals surface area contributed by atoms with E-state index in [-0.39, 0.29) is 17.3 Å². The molecule has 0 spiro atoms. The molecule has 5 rings (SSSR count). The predicted molar refractivity (Wildman–Crippen MR) is 124 cm³/mol. The Kier molecular flexibility index (Phi) is 5.48. The van der Waals surface area contributed by atoms with Crippen molar-refractivity contribution in [1.82, 2.24) is 20.0 Å². The Bertz CT molecular complexity index is 1340. The molecule has 4 aromatic rings. The van der Waals surface area contributed by atoms with Gasteiger partial charge in [-0.15, -0.1) is 0 Å². The van der Waals surface area contributed by atoms with Gasteiger partial charge in [0, 0.05) is 36.4 Å². The summed E-state index contributed by atoms with van der Waals surface area (Å²) in [5, 5.41) is 5.82. The highest BCUT2D eigenvalue weighted by Crippen LogP contribution is 2.32. The summed E-state index contributed by atoms with van der Waals surface area (Å²) in [6, 6.07) is 10.1. The lowest BCUT2D eigenvalue weighted by Gasteiger charge is -2.21. The van der Waals surface area contributed by atoms with Crippen LogP contribution in [0.3, 0.4) is 0 Å². The number of benzene rings is 2. The summed E-state index contributed by atoms with van der Waals surface area (Å²) in [6.45, 7) is 1.97. The summed E-state index contributed by atoms with van der Waals surface area (Å²) < 4.78 is 17.5. The number of thiazole rings is 1. The van der Waals surface area contributed by atoms with Gasteiger partial charge in [0.05, 0.1) is 15.9 Å². The van der Waals surface area contributed by atoms with E-state index >= 15 is 0 Å². The first-order valence-electron chi connectivity index (χ1n) is 10.7. The van der Waals surface area contributed by atoms with Gasteiger partial charge in [-0.2, -0.15) is 0 Å². The van der Waals surface area contributed by atoms with E-state index < -0.39 is 5.82 Å². The van der Waals surface area contributed by atoms with Gasteiger partial charge in [-0.1, -0.05) is 11.3 Å². The molecule has 2 aromatic carbocycles. The number of ketones is 1. The topological polar surface area (TPSA) is 75.5 Å². The second-order valence-corrected chi connectivity index (χ2v) is 9.17. The van der Waals surface area contributed by atoms with E-state index in [0.29, 0.717) is 23.6 Å². The van der Waals surface area contributed by atoms with E-state index in [4.69, 9.17) is 0 Å². The van der Waals surface area contributed by atoms with Gasteiger partial charge in [0.25, 0.3) is 5.91 Å². The van der Waals surface area contributed by atoms with Gasteiger partial charge in [-0.05, 0) is 68.2 Å². The van der Waals surface area contributed by atoms with Crippen LogP contribution in [0.25, 0.3) is 26.4 Å². The minimum Gasteiger partial charge on any atom is -0.355 e. The minimum absolute atomic E-state index is 0.184. The molecule has 1 aliphatic heterocycles. The molecule has 32 heavy (non-hydrogen) atoms. The SMILES string of the molecule is CNC(=O)c1ccc(-c2cn3c(n2)sc2cc(C(=O)CC4CCNCC4)ccc23)c(F)c1. The molecule has 1 saturated heterocycles. The molecule has 2 N–H and O–H groups in total. The van der Waals surface area contributed by atoms with Crippen LogP contribution in [0.1, 0.15) is 40.0 Å². The van der Waals surface area contributed by atoms with Gasteiger partial charge >= 0.3 is 0 Å². The molecule has 1 aliphatic rings. The molecule has 164 valence electrons. The molecule has 0 bridgehead atoms. The van der Waals surface area contributed by atoms with E-state index in [1.54, 1.807) is 18.3 Å². The van der Waals surface area contributed by atoms with Crippen molar-refractivity contribution in [1.29, 1.82) is 0 Å². The maximum atomic E-state index is 14.6. The first-order chi connectivity index (χ1) is 15.5. The van der Waals surface area contributed by atoms with Crippen LogP contribution in [-0.2, 0) is 0 Å². The van der Waals surface area contributed by atoms with Crippen molar-refractivity contribution in [3.05, 3.63) is 59.5 Å². The Labute approximate surface area is 188 Å². The number of hydrogen-bond acceptors (Lipinski definition) is 5. The first-order valence-corrected chi connectivity index (χ1v) is 11.5. The van der Waals surface area contributed by atoms with Crippen molar-refractivity contribution in [2.75, 3.05) is 20.1 Å². The quantitative estimate of drug-likeness (QED) is 0.445. The highest BCUT2D eigenvalue weighted by atomic mass is 32.1. The van der Waals surface area contributed by atoms with Crippen LogP contribution in [0.15, 0.2) is 42.6 Å². The Morgan fingerprint density at radius 1 is 1.19 bits per heavy atom. The molecule has 0 aliphatic carbocycles. The third-order valence-corrected chi connectivity index (χ3v) is 7.10. The normalized spacial score (nSPS) is 14.8. The molecular formula is C24H23FN4O2S. The van der Waals surface area contributed by atoms with Crippen LogP contribution < -0.4 is 10.6 Å². The van der Waals surface area contributed by atoms with Crippen LogP contribution >= 0.6 is 11.3 Å². The number of halogens is 1. The van der Waals surface area contributed by atoms with Crippen molar-refractivity contribution in [2.24, 2.45) is 5.92 Å². The Morgan fingerprint density at radius 3 is 2.72 bits per heavy atom. The van der Waals surface area contributed by atoms with Crippen LogP contribution in [-0.4, -0.2) is 41.2 Å². The molecular weight excluding hydrogens is 427 g/mol. The van der Waals surface area contributed by atoms with Gasteiger partial charge in [0.15, 0.2) is 10.7 Å². The second kappa shape index (κ2) is 8.44. The number of aromatic nitrogens is 2. The van der Waals surface area contributed by atoms with E-state index in [9.17, 15) is 14.0 Å². The fraction of sp³-hybridized carbons (Fsp3) is 0.292. The van der Waals surface area contributed by atoms with Crippen LogP contribution in [0.2, 0.25) is 0 Å². The molecule has 6 nitrogen and oxygen atoms in total. The van der Waals surface area contributed by atoms with Crippen LogP contribution in [0.5, 0.6) is 0 Å². The van der Waals surface area contributed by atoms with Crippen molar-refractivity contribution in [2.45, 2.75) is 19.3 Å². The minimum atomic E-state index is -0.494. The van der Waals surface area contributed by atoms with Gasteiger partial charge in [0.2, 0.25) is 0 Å². The van der Waals surface area contributed by atoms with Crippen LogP contribution in [0, 0.1) is 11.7 Å². The number of nitrogens with zero attached hydrogens (tertiary/aromatic N) is 2. The number of nitrogens with one attached hydrogen (secondary N) is 2. The van der Waals surface area contributed by atoms with Crippen molar-refractivity contribution in [3.63, 3.8) is 0 Å². The van der Waals surface area contributed by atoms with E-state index in [2.05, 4.69) is 15.6 Å². The molecule has 2 aromatic heterocycles. The molecule has 0 saturated carbocycles. The fourth-order valence-electron chi connectivity index (χ4n) is 4.28. The van der Waals surface area contributed by atoms with Gasteiger partial charge in [-0.25, -0.2) is 9.37 Å². The molecule has 1 fully saturated rings. The average Bonchev–Trinajstić information content (AvgIpc) is 3.36. The van der Waals surface area contributed by atoms with E-state index in [1.165, 1.54) is 24.5 Å². The molecule has 8 heteroatoms. The number of carbonyl (C=O) groups is 2. The fourth-order valence-corrected chi connectivity index (χ4v) is 5.33. The lowest BCUT2D eigenvalue weighted by molar-refractivity contribution is 0.0948. The van der Waals surface area contributed by atoms with Gasteiger partial charge < -0.3 is 10.6 Å². The third kappa shape index (κ3) is 3.80. The Hall–Kier alpha value is -3.10. The molecule has 3 heterocycles. The van der Waals surface area contributed by atoms with Crippen molar-refractivity contribution < 1.29 is 14.0 Å². The summed E-state index contributed by atoms with van der Waals surface area (Å²) in [6.07, 6.45) is 4.47. The second-order valence-electron chi connectivity index (χ2n) is 8.16. The van der Waals surface area contributed by atoms with Gasteiger partial charge in [-0.3, -0.25) is 14.0 Å². The van der Waals surface area contributed by atoms with Crippen molar-refractivity contribution >= 4 is 38.2 Å². The number of hydrogen-bond donors (Lipinski definition) is 2. The maximum absolute atomic E-state index is 14.6. The van der Waals surface area contributed by atoms with Crippen LogP contribution in [0.4, 0.5) is 4.39 Å². The average molecular weight is 451 g/mol. The monoisotopic (exact) mass is 450 g/mol. The van der Waals surface area contributed by atoms with Crippen molar-refractivity contribution in [3.8, 4) is 11.3 Å². The van der Waals surface area contributed by atoms with E-state index in [1.807, 2.05) is 22.6 Å². The molecule has 0 radical (unpaired) electrons. The smallest absolute Gasteiger partial charge is 0.251 e. The highest BCUT2D eigenvalue weighted by Gasteiger charge is 2.19. The zero-order chi connectivity index (χ0) is 22.2. The number of Topliss-reactive ketones (excluding diaryl/α,β-unsaturated/α-hetero) is 1. The van der Waals surface area contributed by atoms with E-state index in [0.717, 1.165) is 46.7 Å². The summed E-state index contributed by atoms with van der Waals surface area (Å²) in [7, 11) is 1.51. The largest absolute Gasteiger partial charge is 0.355 e. The number of imidazole rings is 1. The Morgan fingerprint density at radius 2 is 1.97 bits per heavy atom. The predicted octanol–water partition coefficient (Wildman–Crippen LogP) is 4.29. The number of piperidine rings is 1. The number of carbonyl (C=O) groups excluding carboxylic acids is 2. The zero-order valence-corrected chi connectivity index (χ0v) is 18.5. The number of amides is 1. The highest BCUT2D eigenvalue weighted by molar-refractivity contribution is 7.23. The summed E-state index contributed by atoms with van der Waals surface area (Å²) in [5.74, 6) is -0.194. The van der Waals surface area contributed by atoms with Gasteiger partial charge in [0.1, 0.15) is 5.82 Å². The summed E-state index contributed by atoms with van der Waals surface area (Å²) >= 11 is 1.48. The maximum Gasteiger partial charge on any atom is 0.251 e. The lowest BCUT2D eigenvalue weighted by Crippen LogP contribution is -2.28. The molecule has 0 unspecified atom stereocenters. The first kappa shape index (κ1) is 20.8. The molecule has 0 atom stereocenters. The summed E-state index contributed by atoms with van der Waals surface area (Å²) in [5.41, 5.74) is 2.78. The lowest BCUT2D eigenvalue weighted by atomic mass is 9.90. The third-order valence-electron chi connectivity index (χ3n) is 6.08. The number of rotatable bonds is 5. The Balaban J connectivity index is 1.43. The summed E-state index contributed by atoms with van der Waals surface area (Å²) in [4.78, 5) is 29.8. The standard InChI is InChI=1S/C24H23FN4O2S/c1-26-23(31)16-2-4-17(18(25)11-16)19-13-29-20-5-3-15(12-22(20)32-24(29)28-19)21(30)10-14-6-8-27-9-7-14/h2-5,11-14,27H,6-10H2,1H3,(H,26,31).